The van der Waals surface area contributed by atoms with Crippen molar-refractivity contribution in [2.45, 2.75) is 39.0 Å². The first-order valence-electron chi connectivity index (χ1n) is 8.04. The van der Waals surface area contributed by atoms with Crippen LogP contribution in [0.5, 0.6) is 5.75 Å². The lowest BCUT2D eigenvalue weighted by molar-refractivity contribution is -0.127. The van der Waals surface area contributed by atoms with Gasteiger partial charge in [-0.05, 0) is 31.0 Å². The first-order chi connectivity index (χ1) is 11.7. The normalized spacial score (nSPS) is 16.5. The highest BCUT2D eigenvalue weighted by molar-refractivity contribution is 5.77. The van der Waals surface area contributed by atoms with Crippen molar-refractivity contribution >= 4 is 5.91 Å². The van der Waals surface area contributed by atoms with Gasteiger partial charge in [0.2, 0.25) is 5.91 Å². The van der Waals surface area contributed by atoms with Gasteiger partial charge in [0.15, 0.2) is 0 Å². The maximum absolute atomic E-state index is 12.1. The van der Waals surface area contributed by atoms with Crippen LogP contribution in [0, 0.1) is 6.92 Å². The molecule has 0 spiro atoms. The fraction of sp³-hybridized carbons (Fsp3) is 0.471. The van der Waals surface area contributed by atoms with E-state index in [1.165, 1.54) is 0 Å². The smallest absolute Gasteiger partial charge is 0.246 e. The third-order valence-corrected chi connectivity index (χ3v) is 4.13. The van der Waals surface area contributed by atoms with Gasteiger partial charge in [0.05, 0.1) is 13.7 Å². The fourth-order valence-corrected chi connectivity index (χ4v) is 2.87. The average molecular weight is 330 g/mol. The number of nitrogens with one attached hydrogen (secondary N) is 1. The van der Waals surface area contributed by atoms with E-state index in [1.807, 2.05) is 31.2 Å². The van der Waals surface area contributed by atoms with Gasteiger partial charge in [-0.15, -0.1) is 10.2 Å². The van der Waals surface area contributed by atoms with Gasteiger partial charge in [-0.2, -0.15) is 0 Å². The number of rotatable bonds is 6. The van der Waals surface area contributed by atoms with Gasteiger partial charge < -0.3 is 19.4 Å². The minimum absolute atomic E-state index is 0.0434. The molecule has 1 aliphatic heterocycles. The molecule has 0 fully saturated rings. The summed E-state index contributed by atoms with van der Waals surface area (Å²) in [5.74, 6) is 2.56. The number of carbonyl (C=O) groups excluding carboxylic acids is 1. The van der Waals surface area contributed by atoms with Crippen molar-refractivity contribution in [2.75, 3.05) is 13.7 Å². The van der Waals surface area contributed by atoms with E-state index < -0.39 is 0 Å². The van der Waals surface area contributed by atoms with Crippen molar-refractivity contribution in [2.24, 2.45) is 0 Å². The molecule has 7 heteroatoms. The third kappa shape index (κ3) is 3.91. The number of nitrogens with zero attached hydrogens (tertiary/aromatic N) is 3. The number of carbonyl (C=O) groups is 1. The van der Waals surface area contributed by atoms with Crippen LogP contribution in [0.4, 0.5) is 0 Å². The summed E-state index contributed by atoms with van der Waals surface area (Å²) in [5, 5.41) is 11.2. The number of methoxy groups -OCH3 is 1. The zero-order chi connectivity index (χ0) is 16.9. The summed E-state index contributed by atoms with van der Waals surface area (Å²) in [6.07, 6.45) is 1.70. The number of aromatic nitrogens is 3. The molecule has 7 nitrogen and oxygen atoms in total. The van der Waals surface area contributed by atoms with Gasteiger partial charge in [-0.1, -0.05) is 12.1 Å². The van der Waals surface area contributed by atoms with E-state index in [0.29, 0.717) is 6.61 Å². The molecule has 0 saturated carbocycles. The number of benzene rings is 1. The van der Waals surface area contributed by atoms with Crippen molar-refractivity contribution in [3.05, 3.63) is 41.5 Å². The van der Waals surface area contributed by atoms with Crippen LogP contribution in [0.25, 0.3) is 0 Å². The Balaban J connectivity index is 1.44. The fourth-order valence-electron chi connectivity index (χ4n) is 2.87. The second-order valence-corrected chi connectivity index (χ2v) is 5.92. The van der Waals surface area contributed by atoms with Crippen LogP contribution in [-0.4, -0.2) is 40.4 Å². The van der Waals surface area contributed by atoms with E-state index in [1.54, 1.807) is 7.11 Å². The Bertz CT molecular complexity index is 714. The highest BCUT2D eigenvalue weighted by atomic mass is 16.5. The molecule has 1 aromatic heterocycles. The number of hydrogen-bond donors (Lipinski definition) is 1. The molecule has 1 aliphatic rings. The molecule has 1 atom stereocenters. The molecule has 1 aromatic carbocycles. The van der Waals surface area contributed by atoms with Gasteiger partial charge in [-0.3, -0.25) is 4.79 Å². The molecule has 0 radical (unpaired) electrons. The van der Waals surface area contributed by atoms with Gasteiger partial charge >= 0.3 is 0 Å². The van der Waals surface area contributed by atoms with Crippen molar-refractivity contribution in [1.29, 1.82) is 0 Å². The lowest BCUT2D eigenvalue weighted by atomic mass is 10.1. The number of hydrogen-bond acceptors (Lipinski definition) is 5. The van der Waals surface area contributed by atoms with Crippen LogP contribution < -0.4 is 10.1 Å². The standard InChI is InChI=1S/C17H22N4O3/c1-12-19-20-16-7-6-14(9-21(12)16)18-17(22)11-24-10-13-4-3-5-15(8-13)23-2/h3-5,8,14H,6-7,9-11H2,1-2H3,(H,18,22)/t14-/m0/s1. The molecule has 128 valence electrons. The third-order valence-electron chi connectivity index (χ3n) is 4.13. The summed E-state index contributed by atoms with van der Waals surface area (Å²) < 4.78 is 12.7. The number of aryl methyl sites for hydroxylation is 2. The SMILES string of the molecule is COc1cccc(COCC(=O)N[C@H]2CCc3nnc(C)n3C2)c1. The zero-order valence-electron chi connectivity index (χ0n) is 14.0. The minimum Gasteiger partial charge on any atom is -0.497 e. The zero-order valence-corrected chi connectivity index (χ0v) is 14.0. The molecule has 3 rings (SSSR count). The summed E-state index contributed by atoms with van der Waals surface area (Å²) >= 11 is 0. The number of ether oxygens (including phenoxy) is 2. The maximum atomic E-state index is 12.1. The largest absolute Gasteiger partial charge is 0.497 e. The highest BCUT2D eigenvalue weighted by Crippen LogP contribution is 2.15. The van der Waals surface area contributed by atoms with Crippen molar-refractivity contribution in [3.63, 3.8) is 0 Å². The highest BCUT2D eigenvalue weighted by Gasteiger charge is 2.22. The Kier molecular flexibility index (Phi) is 5.10. The average Bonchev–Trinajstić information content (AvgIpc) is 2.96. The molecule has 0 bridgehead atoms. The Hall–Kier alpha value is -2.41. The second-order valence-electron chi connectivity index (χ2n) is 5.92. The summed E-state index contributed by atoms with van der Waals surface area (Å²) in [6, 6.07) is 7.71. The van der Waals surface area contributed by atoms with Crippen molar-refractivity contribution < 1.29 is 14.3 Å². The molecule has 0 saturated heterocycles. The maximum Gasteiger partial charge on any atom is 0.246 e. The summed E-state index contributed by atoms with van der Waals surface area (Å²) in [5.41, 5.74) is 0.976. The number of amides is 1. The summed E-state index contributed by atoms with van der Waals surface area (Å²) in [7, 11) is 1.63. The topological polar surface area (TPSA) is 78.3 Å². The molecule has 24 heavy (non-hydrogen) atoms. The Morgan fingerprint density at radius 1 is 1.42 bits per heavy atom. The van der Waals surface area contributed by atoms with Crippen LogP contribution >= 0.6 is 0 Å². The van der Waals surface area contributed by atoms with E-state index in [4.69, 9.17) is 9.47 Å². The van der Waals surface area contributed by atoms with Crippen molar-refractivity contribution in [1.82, 2.24) is 20.1 Å². The first-order valence-corrected chi connectivity index (χ1v) is 8.04. The summed E-state index contributed by atoms with van der Waals surface area (Å²) in [4.78, 5) is 12.1. The molecule has 1 N–H and O–H groups in total. The lowest BCUT2D eigenvalue weighted by Gasteiger charge is -2.24. The van der Waals surface area contributed by atoms with Gasteiger partial charge in [0.1, 0.15) is 24.0 Å². The molecule has 2 heterocycles. The minimum atomic E-state index is -0.0999. The molecular weight excluding hydrogens is 308 g/mol. The van der Waals surface area contributed by atoms with Gasteiger partial charge in [0, 0.05) is 19.0 Å². The Morgan fingerprint density at radius 2 is 2.29 bits per heavy atom. The van der Waals surface area contributed by atoms with E-state index in [0.717, 1.165) is 42.3 Å². The Morgan fingerprint density at radius 3 is 3.12 bits per heavy atom. The van der Waals surface area contributed by atoms with Gasteiger partial charge in [-0.25, -0.2) is 0 Å². The molecule has 1 amide bonds. The van der Waals surface area contributed by atoms with E-state index in [-0.39, 0.29) is 18.6 Å². The van der Waals surface area contributed by atoms with E-state index in [9.17, 15) is 4.79 Å². The molecule has 2 aromatic rings. The van der Waals surface area contributed by atoms with Crippen LogP contribution in [-0.2, 0) is 29.1 Å². The summed E-state index contributed by atoms with van der Waals surface area (Å²) in [6.45, 7) is 3.07. The van der Waals surface area contributed by atoms with Crippen LogP contribution in [0.2, 0.25) is 0 Å². The first kappa shape index (κ1) is 16.4. The predicted molar refractivity (Wildman–Crippen MR) is 87.7 cm³/mol. The molecular formula is C17H22N4O3. The van der Waals surface area contributed by atoms with Crippen LogP contribution in [0.15, 0.2) is 24.3 Å². The monoisotopic (exact) mass is 330 g/mol. The molecule has 0 unspecified atom stereocenters. The van der Waals surface area contributed by atoms with Crippen molar-refractivity contribution in [3.8, 4) is 5.75 Å². The van der Waals surface area contributed by atoms with E-state index >= 15 is 0 Å². The van der Waals surface area contributed by atoms with E-state index in [2.05, 4.69) is 20.1 Å². The number of fused-ring (bicyclic) bond motifs is 1. The molecule has 0 aliphatic carbocycles. The van der Waals surface area contributed by atoms with Crippen LogP contribution in [0.3, 0.4) is 0 Å². The predicted octanol–water partition coefficient (Wildman–Crippen LogP) is 1.24. The second kappa shape index (κ2) is 7.44. The Labute approximate surface area is 141 Å². The lowest BCUT2D eigenvalue weighted by Crippen LogP contribution is -2.42. The quantitative estimate of drug-likeness (QED) is 0.862. The van der Waals surface area contributed by atoms with Gasteiger partial charge in [0.25, 0.3) is 0 Å². The van der Waals surface area contributed by atoms with Crippen LogP contribution in [0.1, 0.15) is 23.6 Å².